The van der Waals surface area contributed by atoms with Crippen LogP contribution in [0.3, 0.4) is 0 Å². The number of hydrogen-bond donors (Lipinski definition) is 0. The van der Waals surface area contributed by atoms with Gasteiger partial charge in [0.05, 0.1) is 16.8 Å². The van der Waals surface area contributed by atoms with Gasteiger partial charge in [-0.25, -0.2) is 9.67 Å². The van der Waals surface area contributed by atoms with Crippen molar-refractivity contribution in [3.8, 4) is 11.9 Å². The number of rotatable bonds is 1. The van der Waals surface area contributed by atoms with Crippen molar-refractivity contribution in [1.82, 2.24) is 14.8 Å². The number of aromatic nitrogens is 3. The molecule has 22 heavy (non-hydrogen) atoms. The Balaban J connectivity index is 2.64. The molecule has 116 valence electrons. The van der Waals surface area contributed by atoms with Crippen LogP contribution in [0.5, 0.6) is 0 Å². The molecule has 0 aliphatic heterocycles. The molecule has 0 spiro atoms. The molecule has 0 saturated heterocycles. The third-order valence-electron chi connectivity index (χ3n) is 2.51. The van der Waals surface area contributed by atoms with Gasteiger partial charge in [0.2, 0.25) is 0 Å². The highest BCUT2D eigenvalue weighted by Gasteiger charge is 2.40. The Morgan fingerprint density at radius 2 is 1.73 bits per heavy atom. The summed E-state index contributed by atoms with van der Waals surface area (Å²) in [7, 11) is 0. The third kappa shape index (κ3) is 2.85. The van der Waals surface area contributed by atoms with E-state index in [0.717, 1.165) is 0 Å². The molecule has 0 unspecified atom stereocenters. The first-order chi connectivity index (χ1) is 10.1. The molecule has 4 nitrogen and oxygen atoms in total. The zero-order valence-electron chi connectivity index (χ0n) is 10.2. The van der Waals surface area contributed by atoms with Gasteiger partial charge in [-0.3, -0.25) is 0 Å². The summed E-state index contributed by atoms with van der Waals surface area (Å²) in [6.07, 6.45) is -8.76. The van der Waals surface area contributed by atoms with Crippen LogP contribution in [0.1, 0.15) is 16.8 Å². The minimum Gasteiger partial charge on any atom is -0.235 e. The molecule has 2 aromatic heterocycles. The van der Waals surface area contributed by atoms with Crippen LogP contribution in [0, 0.1) is 11.3 Å². The molecule has 0 amide bonds. The van der Waals surface area contributed by atoms with E-state index in [2.05, 4.69) is 10.1 Å². The molecule has 0 aromatic carbocycles. The summed E-state index contributed by atoms with van der Waals surface area (Å²) in [6.45, 7) is 0. The summed E-state index contributed by atoms with van der Waals surface area (Å²) in [6, 6.07) is 1.72. The van der Waals surface area contributed by atoms with Crippen molar-refractivity contribution in [2.24, 2.45) is 0 Å². The highest BCUT2D eigenvalue weighted by atomic mass is 35.5. The van der Waals surface area contributed by atoms with Crippen LogP contribution < -0.4 is 0 Å². The van der Waals surface area contributed by atoms with Crippen LogP contribution in [-0.2, 0) is 12.4 Å². The van der Waals surface area contributed by atoms with E-state index in [-0.39, 0.29) is 4.68 Å². The highest BCUT2D eigenvalue weighted by Crippen LogP contribution is 2.36. The molecule has 2 heterocycles. The van der Waals surface area contributed by atoms with Crippen LogP contribution in [-0.4, -0.2) is 14.8 Å². The van der Waals surface area contributed by atoms with Gasteiger partial charge in [0, 0.05) is 6.20 Å². The lowest BCUT2D eigenvalue weighted by atomic mass is 10.2. The number of halogens is 7. The minimum atomic E-state index is -4.96. The molecule has 0 N–H and O–H groups in total. The minimum absolute atomic E-state index is 0.182. The number of nitrogens with zero attached hydrogens (tertiary/aromatic N) is 4. The first-order valence-corrected chi connectivity index (χ1v) is 5.72. The predicted octanol–water partition coefficient (Wildman–Crippen LogP) is 3.83. The quantitative estimate of drug-likeness (QED) is 0.741. The second-order valence-electron chi connectivity index (χ2n) is 3.96. The molecule has 11 heteroatoms. The fourth-order valence-corrected chi connectivity index (χ4v) is 1.85. The molecule has 2 rings (SSSR count). The predicted molar refractivity (Wildman–Crippen MR) is 61.1 cm³/mol. The van der Waals surface area contributed by atoms with Gasteiger partial charge in [0.25, 0.3) is 0 Å². The van der Waals surface area contributed by atoms with Crippen LogP contribution in [0.15, 0.2) is 18.5 Å². The lowest BCUT2D eigenvalue weighted by Crippen LogP contribution is -2.16. The van der Waals surface area contributed by atoms with Crippen molar-refractivity contribution >= 4 is 11.6 Å². The maximum Gasteiger partial charge on any atom is 0.434 e. The fraction of sp³-hybridized carbons (Fsp3) is 0.182. The summed E-state index contributed by atoms with van der Waals surface area (Å²) in [5, 5.41) is 11.3. The van der Waals surface area contributed by atoms with E-state index in [1.807, 2.05) is 0 Å². The van der Waals surface area contributed by atoms with Gasteiger partial charge in [0.15, 0.2) is 11.5 Å². The first kappa shape index (κ1) is 16.1. The van der Waals surface area contributed by atoms with Crippen LogP contribution in [0.2, 0.25) is 5.02 Å². The van der Waals surface area contributed by atoms with E-state index >= 15 is 0 Å². The van der Waals surface area contributed by atoms with Crippen LogP contribution in [0.25, 0.3) is 5.82 Å². The second kappa shape index (κ2) is 5.17. The van der Waals surface area contributed by atoms with Crippen molar-refractivity contribution in [3.05, 3.63) is 40.3 Å². The van der Waals surface area contributed by atoms with E-state index in [1.54, 1.807) is 0 Å². The van der Waals surface area contributed by atoms with Gasteiger partial charge < -0.3 is 0 Å². The van der Waals surface area contributed by atoms with Crippen molar-refractivity contribution < 1.29 is 26.3 Å². The van der Waals surface area contributed by atoms with Crippen molar-refractivity contribution in [1.29, 1.82) is 5.26 Å². The second-order valence-corrected chi connectivity index (χ2v) is 4.36. The lowest BCUT2D eigenvalue weighted by molar-refractivity contribution is -0.143. The average Bonchev–Trinajstić information content (AvgIpc) is 2.81. The molecular formula is C11H3ClF6N4. The van der Waals surface area contributed by atoms with Gasteiger partial charge in [-0.2, -0.15) is 36.7 Å². The summed E-state index contributed by atoms with van der Waals surface area (Å²) in [5.41, 5.74) is -3.49. The van der Waals surface area contributed by atoms with Gasteiger partial charge in [-0.1, -0.05) is 11.6 Å². The van der Waals surface area contributed by atoms with Gasteiger partial charge in [-0.05, 0) is 6.07 Å². The number of hydrogen-bond acceptors (Lipinski definition) is 3. The number of nitriles is 1. The van der Waals surface area contributed by atoms with E-state index in [0.29, 0.717) is 18.5 Å². The SMILES string of the molecule is N#Cc1cnn(-c2ncc(C(F)(F)F)cc2Cl)c1C(F)(F)F. The van der Waals surface area contributed by atoms with E-state index in [1.165, 1.54) is 6.07 Å². The summed E-state index contributed by atoms with van der Waals surface area (Å²) in [4.78, 5) is 3.28. The van der Waals surface area contributed by atoms with Crippen LogP contribution >= 0.6 is 11.6 Å². The topological polar surface area (TPSA) is 54.5 Å². The van der Waals surface area contributed by atoms with Gasteiger partial charge >= 0.3 is 12.4 Å². The molecule has 0 bridgehead atoms. The van der Waals surface area contributed by atoms with Crippen molar-refractivity contribution in [2.75, 3.05) is 0 Å². The normalized spacial score (nSPS) is 12.3. The molecule has 0 aliphatic carbocycles. The first-order valence-electron chi connectivity index (χ1n) is 5.34. The molecule has 2 aromatic rings. The smallest absolute Gasteiger partial charge is 0.235 e. The van der Waals surface area contributed by atoms with Crippen molar-refractivity contribution in [3.63, 3.8) is 0 Å². The van der Waals surface area contributed by atoms with E-state index in [9.17, 15) is 26.3 Å². The van der Waals surface area contributed by atoms with E-state index < -0.39 is 40.0 Å². The Labute approximate surface area is 123 Å². The third-order valence-corrected chi connectivity index (χ3v) is 2.79. The fourth-order valence-electron chi connectivity index (χ4n) is 1.61. The maximum absolute atomic E-state index is 13.0. The number of pyridine rings is 1. The molecule has 0 radical (unpaired) electrons. The van der Waals surface area contributed by atoms with Gasteiger partial charge in [-0.15, -0.1) is 0 Å². The van der Waals surface area contributed by atoms with Gasteiger partial charge in [0.1, 0.15) is 11.6 Å². The Hall–Kier alpha value is -2.28. The van der Waals surface area contributed by atoms with Crippen molar-refractivity contribution in [2.45, 2.75) is 12.4 Å². The number of alkyl halides is 6. The summed E-state index contributed by atoms with van der Waals surface area (Å²) >= 11 is 5.57. The Kier molecular flexibility index (Phi) is 3.78. The van der Waals surface area contributed by atoms with E-state index in [4.69, 9.17) is 16.9 Å². The molecular weight excluding hydrogens is 338 g/mol. The highest BCUT2D eigenvalue weighted by molar-refractivity contribution is 6.32. The monoisotopic (exact) mass is 340 g/mol. The Morgan fingerprint density at radius 1 is 1.09 bits per heavy atom. The zero-order chi connectivity index (χ0) is 16.7. The largest absolute Gasteiger partial charge is 0.434 e. The maximum atomic E-state index is 13.0. The van der Waals surface area contributed by atoms with Crippen LogP contribution in [0.4, 0.5) is 26.3 Å². The molecule has 0 atom stereocenters. The standard InChI is InChI=1S/C11H3ClF6N4/c12-7-1-6(10(13,14)15)4-20-9(7)22-8(11(16,17)18)5(2-19)3-21-22/h1,3-4H. The summed E-state index contributed by atoms with van der Waals surface area (Å²) in [5.74, 6) is -0.663. The lowest BCUT2D eigenvalue weighted by Gasteiger charge is -2.13. The Bertz CT molecular complexity index is 755. The molecule has 0 fully saturated rings. The molecule has 0 saturated carbocycles. The average molecular weight is 341 g/mol. The zero-order valence-corrected chi connectivity index (χ0v) is 10.9. The summed E-state index contributed by atoms with van der Waals surface area (Å²) < 4.78 is 76.5. The molecule has 0 aliphatic rings. The Morgan fingerprint density at radius 3 is 2.18 bits per heavy atom.